The fraction of sp³-hybridized carbons (Fsp3) is 0.211. The lowest BCUT2D eigenvalue weighted by Gasteiger charge is -2.29. The van der Waals surface area contributed by atoms with Crippen LogP contribution < -0.4 is 9.62 Å². The van der Waals surface area contributed by atoms with Gasteiger partial charge in [-0.05, 0) is 60.9 Å². The van der Waals surface area contributed by atoms with Crippen LogP contribution in [-0.2, 0) is 16.4 Å². The molecule has 0 atom stereocenters. The largest absolute Gasteiger partial charge is 0.322 e. The number of hydrogen-bond donors (Lipinski definition) is 1. The van der Waals surface area contributed by atoms with Gasteiger partial charge in [0.2, 0.25) is 10.0 Å². The first kappa shape index (κ1) is 18.2. The summed E-state index contributed by atoms with van der Waals surface area (Å²) in [6.07, 6.45) is 5.73. The lowest BCUT2D eigenvalue weighted by atomic mass is 10.0. The van der Waals surface area contributed by atoms with Gasteiger partial charge in [0.25, 0.3) is 5.91 Å². The molecule has 0 radical (unpaired) electrons. The van der Waals surface area contributed by atoms with E-state index in [2.05, 4.69) is 15.4 Å². The predicted octanol–water partition coefficient (Wildman–Crippen LogP) is 2.23. The molecule has 9 heteroatoms. The maximum Gasteiger partial charge on any atom is 0.255 e. The van der Waals surface area contributed by atoms with E-state index >= 15 is 0 Å². The minimum Gasteiger partial charge on any atom is -0.322 e. The summed E-state index contributed by atoms with van der Waals surface area (Å²) in [6, 6.07) is 12.4. The van der Waals surface area contributed by atoms with Crippen molar-refractivity contribution in [3.05, 3.63) is 66.2 Å². The molecule has 1 N–H and O–H groups in total. The van der Waals surface area contributed by atoms with E-state index in [4.69, 9.17) is 0 Å². The highest BCUT2D eigenvalue weighted by molar-refractivity contribution is 7.92. The van der Waals surface area contributed by atoms with Gasteiger partial charge < -0.3 is 5.32 Å². The van der Waals surface area contributed by atoms with Crippen molar-refractivity contribution in [1.82, 2.24) is 14.8 Å². The molecule has 0 spiro atoms. The van der Waals surface area contributed by atoms with Crippen molar-refractivity contribution in [2.75, 3.05) is 22.4 Å². The fourth-order valence-corrected chi connectivity index (χ4v) is 4.29. The summed E-state index contributed by atoms with van der Waals surface area (Å²) >= 11 is 0. The Hall–Kier alpha value is -3.20. The van der Waals surface area contributed by atoms with E-state index < -0.39 is 10.0 Å². The standard InChI is InChI=1S/C19H19N5O3S/c1-28(26,27)24-10-2-3-14-11-15(4-9-18(14)24)19(25)22-16-5-7-17(8-6-16)23-13-20-12-21-23/h4-9,11-13H,2-3,10H2,1H3,(H,22,25). The van der Waals surface area contributed by atoms with Crippen molar-refractivity contribution in [1.29, 1.82) is 0 Å². The zero-order valence-corrected chi connectivity index (χ0v) is 16.1. The highest BCUT2D eigenvalue weighted by Gasteiger charge is 2.24. The van der Waals surface area contributed by atoms with Gasteiger partial charge in [-0.25, -0.2) is 18.1 Å². The van der Waals surface area contributed by atoms with Crippen LogP contribution in [0, 0.1) is 0 Å². The molecule has 4 rings (SSSR count). The lowest BCUT2D eigenvalue weighted by molar-refractivity contribution is 0.102. The quantitative estimate of drug-likeness (QED) is 0.728. The van der Waals surface area contributed by atoms with Gasteiger partial charge >= 0.3 is 0 Å². The second-order valence-corrected chi connectivity index (χ2v) is 8.53. The monoisotopic (exact) mass is 397 g/mol. The number of rotatable bonds is 4. The molecular formula is C19H19N5O3S. The van der Waals surface area contributed by atoms with Crippen LogP contribution in [0.25, 0.3) is 5.69 Å². The maximum atomic E-state index is 12.6. The van der Waals surface area contributed by atoms with E-state index in [9.17, 15) is 13.2 Å². The van der Waals surface area contributed by atoms with E-state index in [0.717, 1.165) is 24.1 Å². The van der Waals surface area contributed by atoms with Crippen LogP contribution in [0.2, 0.25) is 0 Å². The van der Waals surface area contributed by atoms with Gasteiger partial charge in [-0.1, -0.05) is 0 Å². The van der Waals surface area contributed by atoms with Gasteiger partial charge in [0.05, 0.1) is 17.6 Å². The first-order valence-corrected chi connectivity index (χ1v) is 10.6. The smallest absolute Gasteiger partial charge is 0.255 e. The Kier molecular flexibility index (Phi) is 4.60. The number of sulfonamides is 1. The molecule has 0 saturated carbocycles. The Balaban J connectivity index is 1.53. The number of amides is 1. The van der Waals surface area contributed by atoms with Crippen LogP contribution >= 0.6 is 0 Å². The Bertz CT molecular complexity index is 1110. The number of nitrogens with one attached hydrogen (secondary N) is 1. The molecule has 1 aliphatic heterocycles. The molecular weight excluding hydrogens is 378 g/mol. The van der Waals surface area contributed by atoms with Crippen LogP contribution in [0.15, 0.2) is 55.1 Å². The number of hydrogen-bond acceptors (Lipinski definition) is 5. The van der Waals surface area contributed by atoms with Gasteiger partial charge in [0, 0.05) is 17.8 Å². The van der Waals surface area contributed by atoms with Crippen LogP contribution in [0.3, 0.4) is 0 Å². The minimum absolute atomic E-state index is 0.243. The second-order valence-electron chi connectivity index (χ2n) is 6.62. The third kappa shape index (κ3) is 3.61. The topological polar surface area (TPSA) is 97.2 Å². The Morgan fingerprint density at radius 1 is 1.14 bits per heavy atom. The fourth-order valence-electron chi connectivity index (χ4n) is 3.29. The summed E-state index contributed by atoms with van der Waals surface area (Å²) < 4.78 is 26.9. The van der Waals surface area contributed by atoms with Gasteiger partial charge in [0.15, 0.2) is 0 Å². The average molecular weight is 397 g/mol. The summed E-state index contributed by atoms with van der Waals surface area (Å²) in [5.74, 6) is -0.243. The van der Waals surface area contributed by atoms with Gasteiger partial charge in [0.1, 0.15) is 12.7 Å². The Labute approximate surface area is 162 Å². The highest BCUT2D eigenvalue weighted by Crippen LogP contribution is 2.30. The zero-order valence-electron chi connectivity index (χ0n) is 15.2. The zero-order chi connectivity index (χ0) is 19.7. The maximum absolute atomic E-state index is 12.6. The molecule has 0 saturated heterocycles. The molecule has 144 valence electrons. The van der Waals surface area contributed by atoms with Gasteiger partial charge in [-0.3, -0.25) is 9.10 Å². The summed E-state index contributed by atoms with van der Waals surface area (Å²) in [7, 11) is -3.32. The molecule has 0 unspecified atom stereocenters. The van der Waals surface area contributed by atoms with Crippen molar-refractivity contribution >= 4 is 27.3 Å². The molecule has 8 nitrogen and oxygen atoms in total. The van der Waals surface area contributed by atoms with Crippen molar-refractivity contribution in [3.8, 4) is 5.69 Å². The first-order valence-electron chi connectivity index (χ1n) is 8.79. The average Bonchev–Trinajstić information content (AvgIpc) is 3.21. The number of aromatic nitrogens is 3. The van der Waals surface area contributed by atoms with Crippen LogP contribution in [0.4, 0.5) is 11.4 Å². The summed E-state index contributed by atoms with van der Waals surface area (Å²) in [6.45, 7) is 0.468. The molecule has 28 heavy (non-hydrogen) atoms. The van der Waals surface area contributed by atoms with Crippen LogP contribution in [0.5, 0.6) is 0 Å². The summed E-state index contributed by atoms with van der Waals surface area (Å²) in [4.78, 5) is 16.5. The molecule has 2 heterocycles. The van der Waals surface area contributed by atoms with E-state index in [-0.39, 0.29) is 5.91 Å². The number of benzene rings is 2. The molecule has 1 amide bonds. The van der Waals surface area contributed by atoms with Crippen molar-refractivity contribution < 1.29 is 13.2 Å². The van der Waals surface area contributed by atoms with E-state index in [0.29, 0.717) is 23.5 Å². The molecule has 0 aliphatic carbocycles. The van der Waals surface area contributed by atoms with Crippen molar-refractivity contribution in [2.24, 2.45) is 0 Å². The van der Waals surface area contributed by atoms with Crippen LogP contribution in [-0.4, -0.2) is 41.9 Å². The van der Waals surface area contributed by atoms with Crippen molar-refractivity contribution in [3.63, 3.8) is 0 Å². The third-order valence-electron chi connectivity index (χ3n) is 4.63. The number of fused-ring (bicyclic) bond motifs is 1. The third-order valence-corrected chi connectivity index (χ3v) is 5.81. The lowest BCUT2D eigenvalue weighted by Crippen LogP contribution is -2.34. The number of carbonyl (C=O) groups is 1. The first-order chi connectivity index (χ1) is 13.4. The molecule has 0 fully saturated rings. The van der Waals surface area contributed by atoms with E-state index in [1.54, 1.807) is 41.3 Å². The van der Waals surface area contributed by atoms with Crippen LogP contribution in [0.1, 0.15) is 22.3 Å². The summed E-state index contributed by atoms with van der Waals surface area (Å²) in [5.41, 5.74) is 3.51. The Morgan fingerprint density at radius 3 is 2.61 bits per heavy atom. The van der Waals surface area contributed by atoms with E-state index in [1.807, 2.05) is 12.1 Å². The number of carbonyl (C=O) groups excluding carboxylic acids is 1. The minimum atomic E-state index is -3.32. The normalized spacial score (nSPS) is 13.8. The molecule has 1 aromatic heterocycles. The van der Waals surface area contributed by atoms with Gasteiger partial charge in [-0.15, -0.1) is 0 Å². The van der Waals surface area contributed by atoms with E-state index in [1.165, 1.54) is 16.9 Å². The predicted molar refractivity (Wildman–Crippen MR) is 106 cm³/mol. The second kappa shape index (κ2) is 7.08. The Morgan fingerprint density at radius 2 is 1.93 bits per heavy atom. The highest BCUT2D eigenvalue weighted by atomic mass is 32.2. The molecule has 1 aliphatic rings. The molecule has 3 aromatic rings. The summed E-state index contributed by atoms with van der Waals surface area (Å²) in [5, 5.41) is 6.92. The molecule has 0 bridgehead atoms. The molecule has 2 aromatic carbocycles. The number of aryl methyl sites for hydroxylation is 1. The number of nitrogens with zero attached hydrogens (tertiary/aromatic N) is 4. The SMILES string of the molecule is CS(=O)(=O)N1CCCc2cc(C(=O)Nc3ccc(-n4cncn4)cc3)ccc21. The van der Waals surface area contributed by atoms with Gasteiger partial charge in [-0.2, -0.15) is 5.10 Å². The van der Waals surface area contributed by atoms with Crippen molar-refractivity contribution in [2.45, 2.75) is 12.8 Å². The number of anilines is 2.